The van der Waals surface area contributed by atoms with Gasteiger partial charge in [-0.25, -0.2) is 4.79 Å². The highest BCUT2D eigenvalue weighted by Crippen LogP contribution is 2.17. The lowest BCUT2D eigenvalue weighted by molar-refractivity contribution is -0.138. The third-order valence-electron chi connectivity index (χ3n) is 2.16. The molecule has 0 aromatic rings. The average Bonchev–Trinajstić information content (AvgIpc) is 2.65. The Morgan fingerprint density at radius 3 is 3.00 bits per heavy atom. The molecule has 4 N–H and O–H groups in total. The van der Waals surface area contributed by atoms with Crippen LogP contribution in [0.3, 0.4) is 0 Å². The molecule has 1 fully saturated rings. The van der Waals surface area contributed by atoms with Crippen molar-refractivity contribution >= 4 is 5.97 Å². The van der Waals surface area contributed by atoms with E-state index in [0.717, 1.165) is 6.42 Å². The van der Waals surface area contributed by atoms with Crippen LogP contribution in [0.1, 0.15) is 19.8 Å². The molecule has 0 radical (unpaired) electrons. The first-order valence-electron chi connectivity index (χ1n) is 4.72. The topological polar surface area (TPSA) is 84.6 Å². The second-order valence-electron chi connectivity index (χ2n) is 3.18. The van der Waals surface area contributed by atoms with Crippen LogP contribution in [0.25, 0.3) is 0 Å². The minimum atomic E-state index is -0.492. The van der Waals surface area contributed by atoms with Gasteiger partial charge in [-0.1, -0.05) is 0 Å². The fourth-order valence-electron chi connectivity index (χ4n) is 1.39. The van der Waals surface area contributed by atoms with Crippen molar-refractivity contribution < 1.29 is 14.6 Å². The molecular formula is C9H16N2O3. The van der Waals surface area contributed by atoms with E-state index in [1.165, 1.54) is 0 Å². The highest BCUT2D eigenvalue weighted by molar-refractivity contribution is 5.88. The number of esters is 1. The maximum absolute atomic E-state index is 11.2. The number of ether oxygens (including phenoxy) is 1. The van der Waals surface area contributed by atoms with Crippen molar-refractivity contribution in [2.75, 3.05) is 13.2 Å². The molecule has 0 aliphatic carbocycles. The van der Waals surface area contributed by atoms with Gasteiger partial charge in [0.25, 0.3) is 0 Å². The predicted octanol–water partition coefficient (Wildman–Crippen LogP) is -0.536. The number of carbonyl (C=O) groups is 1. The minimum Gasteiger partial charge on any atom is -0.461 e. The highest BCUT2D eigenvalue weighted by atomic mass is 16.5. The monoisotopic (exact) mass is 200 g/mol. The van der Waals surface area contributed by atoms with Crippen LogP contribution in [-0.2, 0) is 9.53 Å². The second-order valence-corrected chi connectivity index (χ2v) is 3.18. The molecule has 0 saturated carbocycles. The molecule has 80 valence electrons. The molecular weight excluding hydrogens is 184 g/mol. The minimum absolute atomic E-state index is 0.0120. The zero-order chi connectivity index (χ0) is 10.6. The Morgan fingerprint density at radius 1 is 1.79 bits per heavy atom. The summed E-state index contributed by atoms with van der Waals surface area (Å²) in [6, 6.07) is 0.0120. The van der Waals surface area contributed by atoms with E-state index in [4.69, 9.17) is 15.6 Å². The van der Waals surface area contributed by atoms with Crippen molar-refractivity contribution in [3.63, 3.8) is 0 Å². The fraction of sp³-hybridized carbons (Fsp3) is 0.667. The van der Waals surface area contributed by atoms with Crippen LogP contribution in [0, 0.1) is 0 Å². The van der Waals surface area contributed by atoms with Crippen molar-refractivity contribution in [3.05, 3.63) is 11.4 Å². The highest BCUT2D eigenvalue weighted by Gasteiger charge is 2.22. The molecule has 0 bridgehead atoms. The summed E-state index contributed by atoms with van der Waals surface area (Å²) in [5, 5.41) is 11.8. The van der Waals surface area contributed by atoms with Gasteiger partial charge in [0.2, 0.25) is 0 Å². The van der Waals surface area contributed by atoms with Crippen LogP contribution in [0.5, 0.6) is 0 Å². The van der Waals surface area contributed by atoms with Gasteiger partial charge in [0.05, 0.1) is 13.2 Å². The molecule has 1 rings (SSSR count). The Morgan fingerprint density at radius 2 is 2.50 bits per heavy atom. The Kier molecular flexibility index (Phi) is 3.76. The summed E-state index contributed by atoms with van der Waals surface area (Å²) in [6.45, 7) is 2.10. The van der Waals surface area contributed by atoms with Crippen molar-refractivity contribution in [2.45, 2.75) is 25.8 Å². The van der Waals surface area contributed by atoms with E-state index in [9.17, 15) is 4.79 Å². The third kappa shape index (κ3) is 2.38. The van der Waals surface area contributed by atoms with Crippen LogP contribution in [0.15, 0.2) is 11.4 Å². The van der Waals surface area contributed by atoms with Crippen molar-refractivity contribution in [1.29, 1.82) is 0 Å². The van der Waals surface area contributed by atoms with Crippen LogP contribution < -0.4 is 11.1 Å². The first kappa shape index (κ1) is 10.8. The molecule has 1 saturated heterocycles. The quantitative estimate of drug-likeness (QED) is 0.421. The lowest BCUT2D eigenvalue weighted by Gasteiger charge is -2.09. The molecule has 5 heteroatoms. The lowest BCUT2D eigenvalue weighted by atomic mass is 10.2. The van der Waals surface area contributed by atoms with Gasteiger partial charge in [0, 0.05) is 11.7 Å². The number of nitrogens with one attached hydrogen (secondary N) is 1. The zero-order valence-corrected chi connectivity index (χ0v) is 8.25. The van der Waals surface area contributed by atoms with Crippen LogP contribution in [-0.4, -0.2) is 30.3 Å². The Balaban J connectivity index is 2.61. The largest absolute Gasteiger partial charge is 0.461 e. The molecule has 0 aromatic heterocycles. The van der Waals surface area contributed by atoms with E-state index >= 15 is 0 Å². The van der Waals surface area contributed by atoms with Gasteiger partial charge in [-0.3, -0.25) is 0 Å². The number of carbonyl (C=O) groups excluding carboxylic acids is 1. The molecule has 1 aliphatic heterocycles. The van der Waals surface area contributed by atoms with E-state index in [1.54, 1.807) is 6.92 Å². The summed E-state index contributed by atoms with van der Waals surface area (Å²) in [7, 11) is 0. The second kappa shape index (κ2) is 4.85. The van der Waals surface area contributed by atoms with Gasteiger partial charge >= 0.3 is 5.97 Å². The number of hydrogen-bond donors (Lipinski definition) is 3. The average molecular weight is 200 g/mol. The standard InChI is InChI=1S/C9H16N2O3/c1-2-14-9(13)8(10)7-4-3-6(5-12)11-7/h6,11-12H,2-5,10H2,1H3/b8-7+/t6-/m1/s1. The summed E-state index contributed by atoms with van der Waals surface area (Å²) in [5.74, 6) is -0.492. The molecule has 1 heterocycles. The molecule has 14 heavy (non-hydrogen) atoms. The molecule has 0 spiro atoms. The van der Waals surface area contributed by atoms with Crippen LogP contribution in [0.4, 0.5) is 0 Å². The Hall–Kier alpha value is -1.23. The van der Waals surface area contributed by atoms with Gasteiger partial charge < -0.3 is 20.9 Å². The number of rotatable bonds is 3. The normalized spacial score (nSPS) is 24.3. The molecule has 0 aromatic carbocycles. The summed E-state index contributed by atoms with van der Waals surface area (Å²) in [6.07, 6.45) is 1.49. The summed E-state index contributed by atoms with van der Waals surface area (Å²) < 4.78 is 4.76. The van der Waals surface area contributed by atoms with Gasteiger partial charge in [-0.2, -0.15) is 0 Å². The van der Waals surface area contributed by atoms with Gasteiger partial charge in [-0.05, 0) is 19.8 Å². The maximum Gasteiger partial charge on any atom is 0.355 e. The van der Waals surface area contributed by atoms with Crippen molar-refractivity contribution in [3.8, 4) is 0 Å². The number of aliphatic hydroxyl groups excluding tert-OH is 1. The number of allylic oxidation sites excluding steroid dienone is 1. The van der Waals surface area contributed by atoms with Crippen molar-refractivity contribution in [2.24, 2.45) is 5.73 Å². The fourth-order valence-corrected chi connectivity index (χ4v) is 1.39. The van der Waals surface area contributed by atoms with Gasteiger partial charge in [0.1, 0.15) is 5.70 Å². The zero-order valence-electron chi connectivity index (χ0n) is 8.25. The van der Waals surface area contributed by atoms with Gasteiger partial charge in [-0.15, -0.1) is 0 Å². The summed E-state index contributed by atoms with van der Waals surface area (Å²) in [4.78, 5) is 11.2. The first-order valence-corrected chi connectivity index (χ1v) is 4.72. The first-order chi connectivity index (χ1) is 6.69. The van der Waals surface area contributed by atoms with Crippen LogP contribution in [0.2, 0.25) is 0 Å². The smallest absolute Gasteiger partial charge is 0.355 e. The lowest BCUT2D eigenvalue weighted by Crippen LogP contribution is -2.27. The Bertz CT molecular complexity index is 250. The molecule has 0 unspecified atom stereocenters. The van der Waals surface area contributed by atoms with E-state index < -0.39 is 5.97 Å². The number of hydrogen-bond acceptors (Lipinski definition) is 5. The Labute approximate surface area is 82.9 Å². The molecule has 0 amide bonds. The van der Waals surface area contributed by atoms with Crippen LogP contribution >= 0.6 is 0 Å². The summed E-state index contributed by atoms with van der Waals surface area (Å²) >= 11 is 0. The maximum atomic E-state index is 11.2. The predicted molar refractivity (Wildman–Crippen MR) is 51.1 cm³/mol. The third-order valence-corrected chi connectivity index (χ3v) is 2.16. The van der Waals surface area contributed by atoms with E-state index in [0.29, 0.717) is 18.7 Å². The molecule has 5 nitrogen and oxygen atoms in total. The van der Waals surface area contributed by atoms with E-state index in [-0.39, 0.29) is 18.3 Å². The number of aliphatic hydroxyl groups is 1. The molecule has 1 aliphatic rings. The summed E-state index contributed by atoms with van der Waals surface area (Å²) in [5.41, 5.74) is 6.40. The molecule has 1 atom stereocenters. The van der Waals surface area contributed by atoms with E-state index in [2.05, 4.69) is 5.32 Å². The SMILES string of the molecule is CCOC(=O)/C(N)=C1/CC[C@H](CO)N1. The van der Waals surface area contributed by atoms with Crippen molar-refractivity contribution in [1.82, 2.24) is 5.32 Å². The number of nitrogens with two attached hydrogens (primary N) is 1. The van der Waals surface area contributed by atoms with E-state index in [1.807, 2.05) is 0 Å². The van der Waals surface area contributed by atoms with Gasteiger partial charge in [0.15, 0.2) is 0 Å².